The predicted octanol–water partition coefficient (Wildman–Crippen LogP) is 0.606. The van der Waals surface area contributed by atoms with Crippen molar-refractivity contribution in [1.29, 1.82) is 26.3 Å². The SMILES string of the molecule is CN(C)CCOCCN(C)C.[C-]#N.[C-]#N.[C-]#N.[C-]#N.[C-]#N.[Fe+5]. The normalized spacial score (nSPS) is 6.18. The molecule has 0 unspecified atom stereocenters. The predicted molar refractivity (Wildman–Crippen MR) is 72.8 cm³/mol. The van der Waals surface area contributed by atoms with Crippen LogP contribution in [-0.4, -0.2) is 64.3 Å². The van der Waals surface area contributed by atoms with Gasteiger partial charge in [0.1, 0.15) is 0 Å². The van der Waals surface area contributed by atoms with Gasteiger partial charge >= 0.3 is 17.1 Å². The monoisotopic (exact) mass is 346 g/mol. The van der Waals surface area contributed by atoms with Gasteiger partial charge in [0.25, 0.3) is 0 Å². The van der Waals surface area contributed by atoms with Gasteiger partial charge in [-0.2, -0.15) is 0 Å². The molecule has 0 spiro atoms. The van der Waals surface area contributed by atoms with Gasteiger partial charge in [0, 0.05) is 13.1 Å². The van der Waals surface area contributed by atoms with Gasteiger partial charge in [0.2, 0.25) is 0 Å². The zero-order chi connectivity index (χ0) is 18.7. The molecule has 0 saturated heterocycles. The Labute approximate surface area is 145 Å². The van der Waals surface area contributed by atoms with Crippen LogP contribution in [0.2, 0.25) is 0 Å². The Morgan fingerprint density at radius 3 is 0.909 bits per heavy atom. The molecular weight excluding hydrogens is 326 g/mol. The molecule has 0 aliphatic heterocycles. The number of ether oxygens (including phenoxy) is 1. The smallest absolute Gasteiger partial charge is 0.512 e. The summed E-state index contributed by atoms with van der Waals surface area (Å²) >= 11 is 0. The summed E-state index contributed by atoms with van der Waals surface area (Å²) in [5.41, 5.74) is 0. The summed E-state index contributed by atoms with van der Waals surface area (Å²) in [6, 6.07) is 0. The summed E-state index contributed by atoms with van der Waals surface area (Å²) in [5.74, 6) is 0. The van der Waals surface area contributed by atoms with E-state index in [0.717, 1.165) is 26.3 Å². The van der Waals surface area contributed by atoms with Crippen LogP contribution < -0.4 is 0 Å². The van der Waals surface area contributed by atoms with Crippen LogP contribution in [0.5, 0.6) is 0 Å². The first-order chi connectivity index (χ1) is 10.1. The van der Waals surface area contributed by atoms with Crippen molar-refractivity contribution in [2.75, 3.05) is 54.5 Å². The van der Waals surface area contributed by atoms with Crippen LogP contribution in [0.25, 0.3) is 0 Å². The molecule has 0 rings (SSSR count). The van der Waals surface area contributed by atoms with Crippen LogP contribution in [0.3, 0.4) is 0 Å². The summed E-state index contributed by atoms with van der Waals surface area (Å²) in [7, 11) is 8.20. The Balaban J connectivity index is -0.0000000348. The molecule has 0 aromatic carbocycles. The fourth-order valence-electron chi connectivity index (χ4n) is 0.596. The zero-order valence-corrected chi connectivity index (χ0v) is 14.3. The van der Waals surface area contributed by atoms with Gasteiger partial charge < -0.3 is 73.7 Å². The Kier molecular flexibility index (Phi) is 149. The van der Waals surface area contributed by atoms with Crippen LogP contribution >= 0.6 is 0 Å². The van der Waals surface area contributed by atoms with Gasteiger partial charge in [-0.3, -0.25) is 0 Å². The van der Waals surface area contributed by atoms with E-state index < -0.39 is 0 Å². The van der Waals surface area contributed by atoms with Gasteiger partial charge in [0.05, 0.1) is 13.2 Å². The Morgan fingerprint density at radius 1 is 0.591 bits per heavy atom. The van der Waals surface area contributed by atoms with Gasteiger partial charge in [-0.15, -0.1) is 0 Å². The quantitative estimate of drug-likeness (QED) is 0.388. The molecule has 0 atom stereocenters. The molecule has 0 aliphatic carbocycles. The van der Waals surface area contributed by atoms with Crippen molar-refractivity contribution >= 4 is 0 Å². The molecule has 0 heterocycles. The summed E-state index contributed by atoms with van der Waals surface area (Å²) < 4.78 is 5.37. The fourth-order valence-corrected chi connectivity index (χ4v) is 0.596. The first kappa shape index (κ1) is 42.7. The second-order valence-corrected chi connectivity index (χ2v) is 3.22. The van der Waals surface area contributed by atoms with Crippen molar-refractivity contribution in [3.05, 3.63) is 32.9 Å². The molecule has 0 N–H and O–H groups in total. The van der Waals surface area contributed by atoms with Crippen molar-refractivity contribution in [2.24, 2.45) is 0 Å². The molecular formula is C13H20FeN7O. The van der Waals surface area contributed by atoms with E-state index in [1.165, 1.54) is 0 Å². The van der Waals surface area contributed by atoms with E-state index in [0.29, 0.717) is 0 Å². The van der Waals surface area contributed by atoms with Gasteiger partial charge in [-0.25, -0.2) is 0 Å². The zero-order valence-electron chi connectivity index (χ0n) is 13.2. The van der Waals surface area contributed by atoms with Gasteiger partial charge in [0.15, 0.2) is 0 Å². The number of hydrogen-bond donors (Lipinski definition) is 0. The largest absolute Gasteiger partial charge is 5.00 e. The average Bonchev–Trinajstić information content (AvgIpc) is 2.56. The first-order valence-corrected chi connectivity index (χ1v) is 5.12. The maximum Gasteiger partial charge on any atom is 5.00 e. The Hall–Kier alpha value is -2.15. The van der Waals surface area contributed by atoms with Crippen molar-refractivity contribution in [3.8, 4) is 0 Å². The van der Waals surface area contributed by atoms with E-state index in [-0.39, 0.29) is 17.1 Å². The molecule has 8 nitrogen and oxygen atoms in total. The van der Waals surface area contributed by atoms with E-state index >= 15 is 0 Å². The van der Waals surface area contributed by atoms with Crippen LogP contribution in [0.15, 0.2) is 0 Å². The maximum absolute atomic E-state index is 6.25. The van der Waals surface area contributed by atoms with E-state index in [9.17, 15) is 0 Å². The summed E-state index contributed by atoms with van der Waals surface area (Å²) in [6.07, 6.45) is 0. The molecule has 0 amide bonds. The molecule has 121 valence electrons. The summed E-state index contributed by atoms with van der Waals surface area (Å²) in [5, 5.41) is 31.2. The van der Waals surface area contributed by atoms with Crippen LogP contribution in [0.1, 0.15) is 0 Å². The number of likely N-dealkylation sites (N-methyl/N-ethyl adjacent to an activating group) is 2. The molecule has 1 radical (unpaired) electrons. The molecule has 0 fully saturated rings. The third kappa shape index (κ3) is 148. The third-order valence-electron chi connectivity index (χ3n) is 1.37. The number of hydrogen-bond acceptors (Lipinski definition) is 8. The molecule has 0 aromatic rings. The molecule has 22 heavy (non-hydrogen) atoms. The van der Waals surface area contributed by atoms with E-state index in [4.69, 9.17) is 63.9 Å². The van der Waals surface area contributed by atoms with Gasteiger partial charge in [-0.05, 0) is 28.2 Å². The van der Waals surface area contributed by atoms with E-state index in [1.807, 2.05) is 0 Å². The van der Waals surface area contributed by atoms with E-state index in [1.54, 1.807) is 0 Å². The second kappa shape index (κ2) is 76.7. The van der Waals surface area contributed by atoms with Crippen LogP contribution in [-0.2, 0) is 21.8 Å². The molecule has 9 heteroatoms. The standard InChI is InChI=1S/C8H20N2O.5CN.Fe/c1-9(2)5-7-11-8-6-10(3)4;5*1-2;/h5-8H2,1-4H3;;;;;;/q;5*-1;+5. The summed E-state index contributed by atoms with van der Waals surface area (Å²) in [6.45, 7) is 27.4. The molecule has 0 bridgehead atoms. The van der Waals surface area contributed by atoms with Gasteiger partial charge in [-0.1, -0.05) is 0 Å². The van der Waals surface area contributed by atoms with Crippen molar-refractivity contribution in [2.45, 2.75) is 0 Å². The molecule has 0 aromatic heterocycles. The number of nitrogens with zero attached hydrogens (tertiary/aromatic N) is 7. The first-order valence-electron chi connectivity index (χ1n) is 5.12. The van der Waals surface area contributed by atoms with Crippen molar-refractivity contribution in [1.82, 2.24) is 9.80 Å². The van der Waals surface area contributed by atoms with Crippen LogP contribution in [0.4, 0.5) is 0 Å². The minimum Gasteiger partial charge on any atom is -0.512 e. The Morgan fingerprint density at radius 2 is 0.773 bits per heavy atom. The van der Waals surface area contributed by atoms with Crippen molar-refractivity contribution < 1.29 is 21.8 Å². The van der Waals surface area contributed by atoms with Crippen molar-refractivity contribution in [3.63, 3.8) is 0 Å². The second-order valence-electron chi connectivity index (χ2n) is 3.22. The topological polar surface area (TPSA) is 135 Å². The number of rotatable bonds is 6. The molecule has 0 aliphatic rings. The van der Waals surface area contributed by atoms with Crippen LogP contribution in [0, 0.1) is 59.2 Å². The summed E-state index contributed by atoms with van der Waals surface area (Å²) in [4.78, 5) is 4.24. The fraction of sp³-hybridized carbons (Fsp3) is 0.615. The van der Waals surface area contributed by atoms with E-state index in [2.05, 4.69) is 38.0 Å². The minimum atomic E-state index is 0. The molecule has 0 saturated carbocycles. The third-order valence-corrected chi connectivity index (χ3v) is 1.37. The minimum absolute atomic E-state index is 0. The Bertz CT molecular complexity index is 202. The maximum atomic E-state index is 6.25. The average molecular weight is 346 g/mol.